The van der Waals surface area contributed by atoms with Gasteiger partial charge in [0, 0.05) is 6.20 Å². The second-order valence-corrected chi connectivity index (χ2v) is 5.98. The van der Waals surface area contributed by atoms with Crippen molar-refractivity contribution in [1.29, 1.82) is 0 Å². The molecule has 0 fully saturated rings. The van der Waals surface area contributed by atoms with E-state index in [4.69, 9.17) is 5.73 Å². The van der Waals surface area contributed by atoms with Crippen LogP contribution in [0.3, 0.4) is 0 Å². The van der Waals surface area contributed by atoms with Gasteiger partial charge in [0.25, 0.3) is 0 Å². The molecule has 0 aliphatic rings. The summed E-state index contributed by atoms with van der Waals surface area (Å²) in [5.41, 5.74) is 5.43. The Hall–Kier alpha value is -0.150. The van der Waals surface area contributed by atoms with Crippen molar-refractivity contribution < 1.29 is 5.11 Å². The first-order valence-electron chi connectivity index (χ1n) is 7.31. The van der Waals surface area contributed by atoms with Gasteiger partial charge in [0.1, 0.15) is 0 Å². The van der Waals surface area contributed by atoms with Gasteiger partial charge >= 0.3 is 0 Å². The van der Waals surface area contributed by atoms with Crippen LogP contribution in [0.25, 0.3) is 0 Å². The van der Waals surface area contributed by atoms with Crippen molar-refractivity contribution in [2.45, 2.75) is 71.8 Å². The van der Waals surface area contributed by atoms with Gasteiger partial charge in [0.2, 0.25) is 0 Å². The Morgan fingerprint density at radius 2 is 1.72 bits per heavy atom. The van der Waals surface area contributed by atoms with Crippen molar-refractivity contribution in [1.82, 2.24) is 0 Å². The van der Waals surface area contributed by atoms with Crippen LogP contribution in [0, 0.1) is 11.8 Å². The molecule has 0 radical (unpaired) electrons. The predicted octanol–water partition coefficient (Wildman–Crippen LogP) is 4.10. The van der Waals surface area contributed by atoms with Crippen molar-refractivity contribution in [2.75, 3.05) is 0 Å². The summed E-state index contributed by atoms with van der Waals surface area (Å²) in [6.45, 7) is 6.36. The summed E-state index contributed by atoms with van der Waals surface area (Å²) in [6.07, 6.45) is 9.41. The first-order chi connectivity index (χ1) is 8.53. The molecule has 0 spiro atoms. The average Bonchev–Trinajstić information content (AvgIpc) is 2.36. The number of aliphatic hydroxyl groups excluding tert-OH is 1. The SMILES string of the molecule is CCC(CC/C(S)=C/N)CCC(CC)CC(C)O. The minimum absolute atomic E-state index is 0.167. The van der Waals surface area contributed by atoms with Crippen LogP contribution in [0.4, 0.5) is 0 Å². The highest BCUT2D eigenvalue weighted by atomic mass is 32.1. The van der Waals surface area contributed by atoms with E-state index in [0.717, 1.165) is 23.7 Å². The molecule has 3 heteroatoms. The van der Waals surface area contributed by atoms with Gasteiger partial charge in [-0.05, 0) is 42.9 Å². The molecule has 18 heavy (non-hydrogen) atoms. The summed E-state index contributed by atoms with van der Waals surface area (Å²) in [5.74, 6) is 1.43. The highest BCUT2D eigenvalue weighted by molar-refractivity contribution is 7.84. The van der Waals surface area contributed by atoms with Crippen LogP contribution < -0.4 is 5.73 Å². The third-order valence-corrected chi connectivity index (χ3v) is 4.19. The lowest BCUT2D eigenvalue weighted by molar-refractivity contribution is 0.152. The lowest BCUT2D eigenvalue weighted by Crippen LogP contribution is -2.11. The lowest BCUT2D eigenvalue weighted by Gasteiger charge is -2.20. The number of allylic oxidation sites excluding steroid dienone is 1. The Morgan fingerprint density at radius 3 is 2.17 bits per heavy atom. The van der Waals surface area contributed by atoms with Crippen molar-refractivity contribution in [3.8, 4) is 0 Å². The molecule has 0 amide bonds. The van der Waals surface area contributed by atoms with Gasteiger partial charge < -0.3 is 10.8 Å². The first kappa shape index (κ1) is 17.8. The van der Waals surface area contributed by atoms with Gasteiger partial charge in [0.05, 0.1) is 6.10 Å². The molecule has 108 valence electrons. The van der Waals surface area contributed by atoms with Gasteiger partial charge in [-0.2, -0.15) is 0 Å². The molecular weight excluding hydrogens is 242 g/mol. The maximum atomic E-state index is 9.45. The number of rotatable bonds is 10. The largest absolute Gasteiger partial charge is 0.404 e. The standard InChI is InChI=1S/C15H31NOS/c1-4-13(8-9-15(18)11-16)6-7-14(5-2)10-12(3)17/h11-14,17-18H,4-10,16H2,1-3H3/b15-11-. The summed E-state index contributed by atoms with van der Waals surface area (Å²) in [6, 6.07) is 0. The van der Waals surface area contributed by atoms with Crippen LogP contribution in [-0.4, -0.2) is 11.2 Å². The van der Waals surface area contributed by atoms with Crippen molar-refractivity contribution in [2.24, 2.45) is 17.6 Å². The molecule has 0 saturated carbocycles. The minimum Gasteiger partial charge on any atom is -0.404 e. The van der Waals surface area contributed by atoms with Crippen LogP contribution in [0.2, 0.25) is 0 Å². The maximum absolute atomic E-state index is 9.45. The second-order valence-electron chi connectivity index (χ2n) is 5.41. The van der Waals surface area contributed by atoms with E-state index in [1.54, 1.807) is 6.20 Å². The topological polar surface area (TPSA) is 46.2 Å². The van der Waals surface area contributed by atoms with Crippen LogP contribution in [0.15, 0.2) is 11.1 Å². The van der Waals surface area contributed by atoms with Gasteiger partial charge in [-0.15, -0.1) is 12.6 Å². The summed E-state index contributed by atoms with van der Waals surface area (Å²) in [7, 11) is 0. The van der Waals surface area contributed by atoms with Crippen LogP contribution >= 0.6 is 12.6 Å². The molecule has 0 aromatic carbocycles. The first-order valence-corrected chi connectivity index (χ1v) is 7.75. The zero-order valence-corrected chi connectivity index (χ0v) is 13.1. The second kappa shape index (κ2) is 10.7. The molecule has 0 aliphatic heterocycles. The van der Waals surface area contributed by atoms with E-state index in [2.05, 4.69) is 26.5 Å². The van der Waals surface area contributed by atoms with E-state index < -0.39 is 0 Å². The van der Waals surface area contributed by atoms with E-state index in [-0.39, 0.29) is 6.10 Å². The molecule has 0 saturated heterocycles. The van der Waals surface area contributed by atoms with E-state index in [1.165, 1.54) is 32.1 Å². The highest BCUT2D eigenvalue weighted by Gasteiger charge is 2.13. The number of aliphatic hydroxyl groups is 1. The van der Waals surface area contributed by atoms with E-state index in [1.807, 2.05) is 6.92 Å². The summed E-state index contributed by atoms with van der Waals surface area (Å²) in [4.78, 5) is 0.990. The molecule has 0 bridgehead atoms. The molecule has 3 N–H and O–H groups in total. The van der Waals surface area contributed by atoms with Crippen molar-refractivity contribution >= 4 is 12.6 Å². The predicted molar refractivity (Wildman–Crippen MR) is 83.6 cm³/mol. The van der Waals surface area contributed by atoms with Crippen LogP contribution in [0.1, 0.15) is 65.7 Å². The molecule has 0 heterocycles. The number of thiol groups is 1. The minimum atomic E-state index is -0.167. The lowest BCUT2D eigenvalue weighted by atomic mass is 9.87. The molecule has 0 rings (SSSR count). The quantitative estimate of drug-likeness (QED) is 0.525. The highest BCUT2D eigenvalue weighted by Crippen LogP contribution is 2.26. The smallest absolute Gasteiger partial charge is 0.0514 e. The van der Waals surface area contributed by atoms with Crippen molar-refractivity contribution in [3.63, 3.8) is 0 Å². The Kier molecular flexibility index (Phi) is 10.7. The van der Waals surface area contributed by atoms with Gasteiger partial charge in [-0.3, -0.25) is 0 Å². The van der Waals surface area contributed by atoms with Gasteiger partial charge in [-0.1, -0.05) is 39.5 Å². The maximum Gasteiger partial charge on any atom is 0.0514 e. The number of hydrogen-bond donors (Lipinski definition) is 3. The number of nitrogens with two attached hydrogens (primary N) is 1. The Bertz CT molecular complexity index is 229. The molecule has 3 atom stereocenters. The number of hydrogen-bond acceptors (Lipinski definition) is 3. The fourth-order valence-corrected chi connectivity index (χ4v) is 2.56. The zero-order chi connectivity index (χ0) is 14.0. The van der Waals surface area contributed by atoms with E-state index in [0.29, 0.717) is 5.92 Å². The monoisotopic (exact) mass is 273 g/mol. The van der Waals surface area contributed by atoms with E-state index in [9.17, 15) is 5.11 Å². The fourth-order valence-electron chi connectivity index (χ4n) is 2.43. The molecule has 0 aromatic heterocycles. The third-order valence-electron chi connectivity index (χ3n) is 3.81. The summed E-state index contributed by atoms with van der Waals surface area (Å²) < 4.78 is 0. The van der Waals surface area contributed by atoms with Gasteiger partial charge in [-0.25, -0.2) is 0 Å². The van der Waals surface area contributed by atoms with E-state index >= 15 is 0 Å². The fraction of sp³-hybridized carbons (Fsp3) is 0.867. The Labute approximate surface area is 118 Å². The summed E-state index contributed by atoms with van der Waals surface area (Å²) >= 11 is 4.32. The van der Waals surface area contributed by atoms with Crippen molar-refractivity contribution in [3.05, 3.63) is 11.1 Å². The molecular formula is C15H31NOS. The van der Waals surface area contributed by atoms with Crippen LogP contribution in [0.5, 0.6) is 0 Å². The van der Waals surface area contributed by atoms with Crippen LogP contribution in [-0.2, 0) is 0 Å². The van der Waals surface area contributed by atoms with Gasteiger partial charge in [0.15, 0.2) is 0 Å². The molecule has 0 aromatic rings. The zero-order valence-electron chi connectivity index (χ0n) is 12.2. The molecule has 0 aliphatic carbocycles. The third kappa shape index (κ3) is 8.87. The summed E-state index contributed by atoms with van der Waals surface area (Å²) in [5, 5.41) is 9.45. The Balaban J connectivity index is 3.97. The molecule has 3 unspecified atom stereocenters. The normalized spacial score (nSPS) is 17.5. The molecule has 2 nitrogen and oxygen atoms in total. The Morgan fingerprint density at radius 1 is 1.17 bits per heavy atom. The average molecular weight is 273 g/mol.